The average molecular weight is 268 g/mol. The van der Waals surface area contributed by atoms with Crippen LogP contribution in [0.1, 0.15) is 12.8 Å². The standard InChI is InChI=1S/C13H24N4O2/c1-15(2)5-6-16-8-10(7-12(16)18)13(19)17-4-3-11(14)9-17/h10-11H,3-9,14H2,1-2H3/t10?,11-/m1/s1. The van der Waals surface area contributed by atoms with E-state index in [1.807, 2.05) is 23.9 Å². The normalized spacial score (nSPS) is 27.7. The molecule has 0 bridgehead atoms. The van der Waals surface area contributed by atoms with Gasteiger partial charge in [0.05, 0.1) is 5.92 Å². The number of carbonyl (C=O) groups is 2. The summed E-state index contributed by atoms with van der Waals surface area (Å²) in [5.41, 5.74) is 5.82. The molecule has 108 valence electrons. The minimum atomic E-state index is -0.167. The number of hydrogen-bond acceptors (Lipinski definition) is 4. The van der Waals surface area contributed by atoms with Crippen LogP contribution in [-0.4, -0.2) is 79.4 Å². The van der Waals surface area contributed by atoms with Crippen molar-refractivity contribution >= 4 is 11.8 Å². The summed E-state index contributed by atoms with van der Waals surface area (Å²) >= 11 is 0. The second-order valence-corrected chi connectivity index (χ2v) is 5.88. The van der Waals surface area contributed by atoms with Crippen molar-refractivity contribution in [2.45, 2.75) is 18.9 Å². The van der Waals surface area contributed by atoms with Crippen LogP contribution >= 0.6 is 0 Å². The van der Waals surface area contributed by atoms with Crippen LogP contribution in [0.4, 0.5) is 0 Å². The second-order valence-electron chi connectivity index (χ2n) is 5.88. The van der Waals surface area contributed by atoms with Gasteiger partial charge >= 0.3 is 0 Å². The summed E-state index contributed by atoms with van der Waals surface area (Å²) in [5.74, 6) is 0.0392. The fourth-order valence-electron chi connectivity index (χ4n) is 2.72. The molecule has 2 rings (SSSR count). The topological polar surface area (TPSA) is 69.9 Å². The van der Waals surface area contributed by atoms with E-state index >= 15 is 0 Å². The summed E-state index contributed by atoms with van der Waals surface area (Å²) in [5, 5.41) is 0. The first-order valence-electron chi connectivity index (χ1n) is 6.94. The molecule has 0 radical (unpaired) electrons. The predicted molar refractivity (Wildman–Crippen MR) is 72.4 cm³/mol. The van der Waals surface area contributed by atoms with E-state index in [2.05, 4.69) is 0 Å². The largest absolute Gasteiger partial charge is 0.341 e. The number of likely N-dealkylation sites (N-methyl/N-ethyl adjacent to an activating group) is 1. The second kappa shape index (κ2) is 5.88. The van der Waals surface area contributed by atoms with Gasteiger partial charge in [0.25, 0.3) is 0 Å². The zero-order valence-corrected chi connectivity index (χ0v) is 11.8. The molecule has 6 heteroatoms. The first-order valence-corrected chi connectivity index (χ1v) is 6.94. The van der Waals surface area contributed by atoms with Gasteiger partial charge < -0.3 is 20.4 Å². The van der Waals surface area contributed by atoms with E-state index in [1.165, 1.54) is 0 Å². The van der Waals surface area contributed by atoms with Crippen molar-refractivity contribution in [3.63, 3.8) is 0 Å². The van der Waals surface area contributed by atoms with Crippen LogP contribution in [0.15, 0.2) is 0 Å². The van der Waals surface area contributed by atoms with Gasteiger partial charge in [-0.25, -0.2) is 0 Å². The van der Waals surface area contributed by atoms with E-state index in [-0.39, 0.29) is 23.8 Å². The van der Waals surface area contributed by atoms with Crippen LogP contribution in [0.2, 0.25) is 0 Å². The molecule has 2 atom stereocenters. The van der Waals surface area contributed by atoms with Crippen molar-refractivity contribution in [1.29, 1.82) is 0 Å². The zero-order valence-electron chi connectivity index (χ0n) is 11.8. The number of hydrogen-bond donors (Lipinski definition) is 1. The van der Waals surface area contributed by atoms with Crippen molar-refractivity contribution in [2.75, 3.05) is 46.8 Å². The summed E-state index contributed by atoms with van der Waals surface area (Å²) in [6, 6.07) is 0.103. The van der Waals surface area contributed by atoms with Crippen LogP contribution in [-0.2, 0) is 9.59 Å². The van der Waals surface area contributed by atoms with Crippen LogP contribution in [0.25, 0.3) is 0 Å². The lowest BCUT2D eigenvalue weighted by Crippen LogP contribution is -2.38. The van der Waals surface area contributed by atoms with Crippen molar-refractivity contribution < 1.29 is 9.59 Å². The van der Waals surface area contributed by atoms with Crippen LogP contribution in [0.5, 0.6) is 0 Å². The highest BCUT2D eigenvalue weighted by molar-refractivity contribution is 5.89. The molecule has 6 nitrogen and oxygen atoms in total. The Morgan fingerprint density at radius 1 is 1.42 bits per heavy atom. The smallest absolute Gasteiger partial charge is 0.228 e. The lowest BCUT2D eigenvalue weighted by Gasteiger charge is -2.21. The summed E-state index contributed by atoms with van der Waals surface area (Å²) in [4.78, 5) is 29.9. The highest BCUT2D eigenvalue weighted by atomic mass is 16.2. The molecule has 2 aliphatic rings. The Morgan fingerprint density at radius 3 is 2.74 bits per heavy atom. The lowest BCUT2D eigenvalue weighted by molar-refractivity contribution is -0.134. The Hall–Kier alpha value is -1.14. The Bertz CT molecular complexity index is 359. The maximum absolute atomic E-state index is 12.3. The Balaban J connectivity index is 1.86. The molecule has 2 N–H and O–H groups in total. The Morgan fingerprint density at radius 2 is 2.16 bits per heavy atom. The summed E-state index contributed by atoms with van der Waals surface area (Å²) in [6.45, 7) is 3.48. The van der Waals surface area contributed by atoms with Gasteiger partial charge in [0, 0.05) is 45.2 Å². The molecule has 2 fully saturated rings. The molecule has 19 heavy (non-hydrogen) atoms. The molecule has 0 aliphatic carbocycles. The maximum atomic E-state index is 12.3. The molecule has 0 aromatic rings. The van der Waals surface area contributed by atoms with Crippen molar-refractivity contribution in [3.05, 3.63) is 0 Å². The van der Waals surface area contributed by atoms with Crippen LogP contribution < -0.4 is 5.73 Å². The third kappa shape index (κ3) is 3.45. The predicted octanol–water partition coefficient (Wildman–Crippen LogP) is -1.04. The molecule has 0 saturated carbocycles. The van der Waals surface area contributed by atoms with E-state index in [0.717, 1.165) is 19.5 Å². The molecule has 2 amide bonds. The lowest BCUT2D eigenvalue weighted by atomic mass is 10.1. The monoisotopic (exact) mass is 268 g/mol. The van der Waals surface area contributed by atoms with Crippen molar-refractivity contribution in [1.82, 2.24) is 14.7 Å². The molecule has 2 aliphatic heterocycles. The number of rotatable bonds is 4. The number of nitrogens with zero attached hydrogens (tertiary/aromatic N) is 3. The summed E-state index contributed by atoms with van der Waals surface area (Å²) in [6.07, 6.45) is 1.23. The minimum absolute atomic E-state index is 0.101. The minimum Gasteiger partial charge on any atom is -0.341 e. The Kier molecular flexibility index (Phi) is 4.42. The molecule has 0 spiro atoms. The van der Waals surface area contributed by atoms with Crippen molar-refractivity contribution in [2.24, 2.45) is 11.7 Å². The van der Waals surface area contributed by atoms with E-state index in [0.29, 0.717) is 26.1 Å². The molecular formula is C13H24N4O2. The first-order chi connectivity index (χ1) is 8.97. The summed E-state index contributed by atoms with van der Waals surface area (Å²) in [7, 11) is 3.96. The van der Waals surface area contributed by atoms with Gasteiger partial charge in [-0.1, -0.05) is 0 Å². The third-order valence-electron chi connectivity index (χ3n) is 3.92. The van der Waals surface area contributed by atoms with Gasteiger partial charge in [-0.15, -0.1) is 0 Å². The third-order valence-corrected chi connectivity index (χ3v) is 3.92. The van der Waals surface area contributed by atoms with Gasteiger partial charge in [0.2, 0.25) is 11.8 Å². The van der Waals surface area contributed by atoms with Crippen LogP contribution in [0, 0.1) is 5.92 Å². The fourth-order valence-corrected chi connectivity index (χ4v) is 2.72. The number of likely N-dealkylation sites (tertiary alicyclic amines) is 2. The SMILES string of the molecule is CN(C)CCN1CC(C(=O)N2CC[C@@H](N)C2)CC1=O. The zero-order chi connectivity index (χ0) is 14.0. The average Bonchev–Trinajstić information content (AvgIpc) is 2.92. The first kappa shape index (κ1) is 14.3. The van der Waals surface area contributed by atoms with Gasteiger partial charge in [-0.2, -0.15) is 0 Å². The highest BCUT2D eigenvalue weighted by Gasteiger charge is 2.37. The van der Waals surface area contributed by atoms with Gasteiger partial charge in [0.15, 0.2) is 0 Å². The van der Waals surface area contributed by atoms with Gasteiger partial charge in [-0.3, -0.25) is 9.59 Å². The van der Waals surface area contributed by atoms with E-state index in [9.17, 15) is 9.59 Å². The van der Waals surface area contributed by atoms with Gasteiger partial charge in [0.1, 0.15) is 0 Å². The number of amides is 2. The molecule has 2 heterocycles. The molecule has 0 aromatic heterocycles. The van der Waals surface area contributed by atoms with Crippen molar-refractivity contribution in [3.8, 4) is 0 Å². The summed E-state index contributed by atoms with van der Waals surface area (Å²) < 4.78 is 0. The van der Waals surface area contributed by atoms with Crippen LogP contribution in [0.3, 0.4) is 0 Å². The number of nitrogens with two attached hydrogens (primary N) is 1. The fraction of sp³-hybridized carbons (Fsp3) is 0.846. The quantitative estimate of drug-likeness (QED) is 0.707. The van der Waals surface area contributed by atoms with E-state index in [1.54, 1.807) is 4.90 Å². The Labute approximate surface area is 114 Å². The molecular weight excluding hydrogens is 244 g/mol. The molecule has 1 unspecified atom stereocenters. The van der Waals surface area contributed by atoms with E-state index < -0.39 is 0 Å². The molecule has 2 saturated heterocycles. The van der Waals surface area contributed by atoms with Gasteiger partial charge in [-0.05, 0) is 20.5 Å². The maximum Gasteiger partial charge on any atom is 0.228 e. The molecule has 0 aromatic carbocycles. The van der Waals surface area contributed by atoms with E-state index in [4.69, 9.17) is 5.73 Å². The number of carbonyl (C=O) groups excluding carboxylic acids is 2. The highest BCUT2D eigenvalue weighted by Crippen LogP contribution is 2.21.